The zero-order valence-corrected chi connectivity index (χ0v) is 60.0. The summed E-state index contributed by atoms with van der Waals surface area (Å²) in [4.78, 5) is 0. The highest BCUT2D eigenvalue weighted by Gasteiger charge is 2.02. The van der Waals surface area contributed by atoms with E-state index in [9.17, 15) is 0 Å². The molecule has 0 aliphatic carbocycles. The fourth-order valence-electron chi connectivity index (χ4n) is 14.3. The van der Waals surface area contributed by atoms with Crippen molar-refractivity contribution in [2.75, 3.05) is 0 Å². The highest BCUT2D eigenvalue weighted by Crippen LogP contribution is 2.22. The van der Waals surface area contributed by atoms with Gasteiger partial charge in [0.25, 0.3) is 0 Å². The van der Waals surface area contributed by atoms with Crippen LogP contribution < -0.4 is 0 Å². The zero-order chi connectivity index (χ0) is 60.0. The first kappa shape index (κ1) is 84.0. The van der Waals surface area contributed by atoms with E-state index in [1.807, 2.05) is 0 Å². The normalized spacial score (nSPS) is 11.8. The first-order valence-electron chi connectivity index (χ1n) is 41.9. The highest BCUT2D eigenvalue weighted by molar-refractivity contribution is 4.58. The van der Waals surface area contributed by atoms with Crippen molar-refractivity contribution in [3.8, 4) is 0 Å². The largest absolute Gasteiger partial charge is 0.0654 e. The predicted octanol–water partition coefficient (Wildman–Crippen LogP) is 33.0. The highest BCUT2D eigenvalue weighted by atomic mass is 14.1. The Balaban J connectivity index is 3.08. The average molecular weight is 1180 g/mol. The molecule has 0 heterocycles. The average Bonchev–Trinajstić information content (AvgIpc) is 3.50. The van der Waals surface area contributed by atoms with Crippen LogP contribution in [0.25, 0.3) is 0 Å². The summed E-state index contributed by atoms with van der Waals surface area (Å²) in [5.74, 6) is 0. The van der Waals surface area contributed by atoms with E-state index < -0.39 is 0 Å². The Morgan fingerprint density at radius 1 is 0.0595 bits per heavy atom. The summed E-state index contributed by atoms with van der Waals surface area (Å²) < 4.78 is 0. The van der Waals surface area contributed by atoms with E-state index >= 15 is 0 Å². The molecule has 0 atom stereocenters. The Morgan fingerprint density at radius 2 is 0.0952 bits per heavy atom. The van der Waals surface area contributed by atoms with Gasteiger partial charge in [-0.1, -0.05) is 540 Å². The molecule has 506 valence electrons. The number of hydrogen-bond acceptors (Lipinski definition) is 0. The first-order valence-corrected chi connectivity index (χ1v) is 41.9. The van der Waals surface area contributed by atoms with E-state index in [1.54, 1.807) is 0 Å². The third-order valence-corrected chi connectivity index (χ3v) is 20.5. The maximum Gasteiger partial charge on any atom is -0.0533 e. The lowest BCUT2D eigenvalue weighted by molar-refractivity contribution is 0.505. The van der Waals surface area contributed by atoms with E-state index in [0.29, 0.717) is 0 Å². The van der Waals surface area contributed by atoms with Gasteiger partial charge in [-0.15, -0.1) is 0 Å². The zero-order valence-electron chi connectivity index (χ0n) is 60.0. The molecule has 0 aromatic rings. The molecule has 0 radical (unpaired) electrons. The Morgan fingerprint density at radius 3 is 0.131 bits per heavy atom. The summed E-state index contributed by atoms with van der Waals surface area (Å²) in [5, 5.41) is 0. The van der Waals surface area contributed by atoms with Crippen LogP contribution in [0.15, 0.2) is 0 Å². The molecule has 0 aliphatic rings. The summed E-state index contributed by atoms with van der Waals surface area (Å²) in [6, 6.07) is 0. The van der Waals surface area contributed by atoms with Crippen LogP contribution in [0, 0.1) is 0 Å². The van der Waals surface area contributed by atoms with Crippen molar-refractivity contribution in [2.45, 2.75) is 540 Å². The topological polar surface area (TPSA) is 0 Å². The van der Waals surface area contributed by atoms with E-state index in [0.717, 1.165) is 0 Å². The van der Waals surface area contributed by atoms with Crippen molar-refractivity contribution in [2.24, 2.45) is 0 Å². The van der Waals surface area contributed by atoms with Crippen LogP contribution >= 0.6 is 0 Å². The minimum absolute atomic E-state index is 1.37. The SMILES string of the molecule is CCCCCCCCCCCCCCCCCCCCCCCCCCCCCCCCCCCCCCCCCCCCCCCCCCCCCCCCCCCCCCCCCCCCCCCCCCCCCCCCCCCC. The Bertz CT molecular complexity index is 961. The quantitative estimate of drug-likeness (QED) is 0.0533. The Kier molecular flexibility index (Phi) is 83.0. The second-order valence-corrected chi connectivity index (χ2v) is 29.3. The molecule has 0 rings (SSSR count). The molecular formula is C84H170. The molecule has 84 heavy (non-hydrogen) atoms. The first-order chi connectivity index (χ1) is 41.9. The Labute approximate surface area is 537 Å². The van der Waals surface area contributed by atoms with Gasteiger partial charge in [0, 0.05) is 0 Å². The fraction of sp³-hybridized carbons (Fsp3) is 1.00. The lowest BCUT2D eigenvalue weighted by Crippen LogP contribution is -1.85. The van der Waals surface area contributed by atoms with E-state index in [4.69, 9.17) is 0 Å². The summed E-state index contributed by atoms with van der Waals surface area (Å²) >= 11 is 0. The van der Waals surface area contributed by atoms with Gasteiger partial charge in [0.15, 0.2) is 0 Å². The van der Waals surface area contributed by atoms with E-state index in [2.05, 4.69) is 13.8 Å². The minimum Gasteiger partial charge on any atom is -0.0654 e. The second kappa shape index (κ2) is 83.0. The summed E-state index contributed by atoms with van der Waals surface area (Å²) in [6.45, 7) is 4.63. The van der Waals surface area contributed by atoms with Crippen LogP contribution in [0.1, 0.15) is 540 Å². The van der Waals surface area contributed by atoms with Crippen LogP contribution in [0.5, 0.6) is 0 Å². The lowest BCUT2D eigenvalue weighted by Gasteiger charge is -2.05. The molecule has 0 aromatic heterocycles. The molecule has 0 N–H and O–H groups in total. The van der Waals surface area contributed by atoms with Gasteiger partial charge in [0.2, 0.25) is 0 Å². The molecule has 0 bridgehead atoms. The van der Waals surface area contributed by atoms with Crippen molar-refractivity contribution in [1.82, 2.24) is 0 Å². The molecule has 0 heteroatoms. The maximum absolute atomic E-state index is 2.32. The van der Waals surface area contributed by atoms with Gasteiger partial charge in [-0.2, -0.15) is 0 Å². The van der Waals surface area contributed by atoms with Crippen LogP contribution in [0.4, 0.5) is 0 Å². The van der Waals surface area contributed by atoms with E-state index in [1.165, 1.54) is 527 Å². The number of rotatable bonds is 81. The van der Waals surface area contributed by atoms with Crippen molar-refractivity contribution < 1.29 is 0 Å². The monoisotopic (exact) mass is 1180 g/mol. The van der Waals surface area contributed by atoms with Gasteiger partial charge in [-0.05, 0) is 0 Å². The maximum atomic E-state index is 2.32. The van der Waals surface area contributed by atoms with Crippen LogP contribution in [0.2, 0.25) is 0 Å². The third kappa shape index (κ3) is 82.0. The summed E-state index contributed by atoms with van der Waals surface area (Å²) in [6.07, 6.45) is 122. The van der Waals surface area contributed by atoms with Gasteiger partial charge in [0.05, 0.1) is 0 Å². The number of unbranched alkanes of at least 4 members (excludes halogenated alkanes) is 81. The molecule has 0 fully saturated rings. The lowest BCUT2D eigenvalue weighted by atomic mass is 10.0. The molecule has 0 nitrogen and oxygen atoms in total. The minimum atomic E-state index is 1.37. The number of hydrogen-bond donors (Lipinski definition) is 0. The van der Waals surface area contributed by atoms with Crippen molar-refractivity contribution in [1.29, 1.82) is 0 Å². The molecule has 0 amide bonds. The van der Waals surface area contributed by atoms with Gasteiger partial charge in [-0.3, -0.25) is 0 Å². The van der Waals surface area contributed by atoms with Gasteiger partial charge in [0.1, 0.15) is 0 Å². The molecular weight excluding hydrogens is 1010 g/mol. The Hall–Kier alpha value is 0. The molecule has 0 aliphatic heterocycles. The van der Waals surface area contributed by atoms with Crippen molar-refractivity contribution >= 4 is 0 Å². The van der Waals surface area contributed by atoms with Crippen LogP contribution in [-0.4, -0.2) is 0 Å². The second-order valence-electron chi connectivity index (χ2n) is 29.3. The standard InChI is InChI=1S/C84H170/c1-3-5-7-9-11-13-15-17-19-21-23-25-27-29-31-33-35-37-39-41-43-45-47-49-51-53-55-57-59-61-63-65-67-69-71-73-75-77-79-81-83-84-82-80-78-76-74-72-70-68-66-64-62-60-58-56-54-52-50-48-46-44-42-40-38-36-34-32-30-28-26-24-22-20-18-16-14-12-10-8-6-4-2/h3-84H2,1-2H3. The molecule has 0 spiro atoms. The summed E-state index contributed by atoms with van der Waals surface area (Å²) in [5.41, 5.74) is 0. The predicted molar refractivity (Wildman–Crippen MR) is 390 cm³/mol. The fourth-order valence-corrected chi connectivity index (χ4v) is 14.3. The van der Waals surface area contributed by atoms with Gasteiger partial charge >= 0.3 is 0 Å². The molecule has 0 aromatic carbocycles. The van der Waals surface area contributed by atoms with E-state index in [-0.39, 0.29) is 0 Å². The smallest absolute Gasteiger partial charge is 0.0533 e. The molecule has 0 saturated heterocycles. The molecule has 0 saturated carbocycles. The van der Waals surface area contributed by atoms with Crippen LogP contribution in [0.3, 0.4) is 0 Å². The van der Waals surface area contributed by atoms with Crippen LogP contribution in [-0.2, 0) is 0 Å². The third-order valence-electron chi connectivity index (χ3n) is 20.5. The molecule has 0 unspecified atom stereocenters. The van der Waals surface area contributed by atoms with Crippen molar-refractivity contribution in [3.63, 3.8) is 0 Å². The van der Waals surface area contributed by atoms with Gasteiger partial charge < -0.3 is 0 Å². The summed E-state index contributed by atoms with van der Waals surface area (Å²) in [7, 11) is 0. The van der Waals surface area contributed by atoms with Gasteiger partial charge in [-0.25, -0.2) is 0 Å². The van der Waals surface area contributed by atoms with Crippen molar-refractivity contribution in [3.05, 3.63) is 0 Å².